The lowest BCUT2D eigenvalue weighted by molar-refractivity contribution is 0.463. The summed E-state index contributed by atoms with van der Waals surface area (Å²) in [5.41, 5.74) is 2.27. The average molecular weight is 320 g/mol. The van der Waals surface area contributed by atoms with Crippen molar-refractivity contribution < 1.29 is 4.74 Å². The first kappa shape index (κ1) is 14.1. The second-order valence-corrected chi connectivity index (χ2v) is 5.48. The molecule has 2 nitrogen and oxygen atoms in total. The molecule has 0 saturated heterocycles. The largest absolute Gasteiger partial charge is 0.457 e. The number of hydrogen-bond acceptors (Lipinski definition) is 2. The fraction of sp³-hybridized carbons (Fsp3) is 0.250. The Bertz CT molecular complexity index is 568. The molecule has 19 heavy (non-hydrogen) atoms. The zero-order valence-corrected chi connectivity index (χ0v) is 13.0. The molecular weight excluding hydrogens is 302 g/mol. The van der Waals surface area contributed by atoms with Crippen molar-refractivity contribution in [3.63, 3.8) is 0 Å². The van der Waals surface area contributed by atoms with Crippen LogP contribution in [0.1, 0.15) is 24.1 Å². The number of aryl methyl sites for hydroxylation is 1. The van der Waals surface area contributed by atoms with Crippen LogP contribution in [0.2, 0.25) is 0 Å². The van der Waals surface area contributed by atoms with Crippen LogP contribution in [0.15, 0.2) is 46.9 Å². The first-order chi connectivity index (χ1) is 9.11. The molecule has 1 unspecified atom stereocenters. The molecule has 0 bridgehead atoms. The van der Waals surface area contributed by atoms with Crippen molar-refractivity contribution in [1.29, 1.82) is 0 Å². The maximum absolute atomic E-state index is 6.06. The Morgan fingerprint density at radius 2 is 1.84 bits per heavy atom. The van der Waals surface area contributed by atoms with Gasteiger partial charge in [0.15, 0.2) is 0 Å². The van der Waals surface area contributed by atoms with E-state index >= 15 is 0 Å². The van der Waals surface area contributed by atoms with Crippen LogP contribution in [-0.4, -0.2) is 7.05 Å². The number of halogens is 1. The summed E-state index contributed by atoms with van der Waals surface area (Å²) in [6.07, 6.45) is 0. The van der Waals surface area contributed by atoms with Gasteiger partial charge in [-0.3, -0.25) is 0 Å². The van der Waals surface area contributed by atoms with Gasteiger partial charge in [0, 0.05) is 16.1 Å². The normalized spacial score (nSPS) is 12.2. The van der Waals surface area contributed by atoms with E-state index in [9.17, 15) is 0 Å². The predicted molar refractivity (Wildman–Crippen MR) is 82.9 cm³/mol. The highest BCUT2D eigenvalue weighted by atomic mass is 79.9. The maximum Gasteiger partial charge on any atom is 0.132 e. The van der Waals surface area contributed by atoms with Gasteiger partial charge < -0.3 is 10.1 Å². The molecule has 0 spiro atoms. The third-order valence-corrected chi connectivity index (χ3v) is 3.67. The Morgan fingerprint density at radius 3 is 2.53 bits per heavy atom. The lowest BCUT2D eigenvalue weighted by Gasteiger charge is -2.17. The lowest BCUT2D eigenvalue weighted by Crippen LogP contribution is -2.13. The molecule has 0 amide bonds. The third kappa shape index (κ3) is 3.37. The molecular formula is C16H18BrNO. The highest BCUT2D eigenvalue weighted by Gasteiger charge is 2.11. The molecule has 1 N–H and O–H groups in total. The minimum absolute atomic E-state index is 0.256. The molecule has 1 atom stereocenters. The van der Waals surface area contributed by atoms with Crippen molar-refractivity contribution in [2.75, 3.05) is 7.05 Å². The van der Waals surface area contributed by atoms with Gasteiger partial charge in [0.05, 0.1) is 0 Å². The number of benzene rings is 2. The van der Waals surface area contributed by atoms with Crippen LogP contribution in [0.4, 0.5) is 0 Å². The van der Waals surface area contributed by atoms with Gasteiger partial charge in [-0.1, -0.05) is 34.1 Å². The molecule has 0 fully saturated rings. The summed E-state index contributed by atoms with van der Waals surface area (Å²) in [5.74, 6) is 1.79. The molecule has 2 rings (SSSR count). The zero-order chi connectivity index (χ0) is 13.8. The monoisotopic (exact) mass is 319 g/mol. The standard InChI is InChI=1S/C16H18BrNO/c1-11-10-13(17)8-9-15(11)19-16-7-5-4-6-14(16)12(2)18-3/h4-10,12,18H,1-3H3. The highest BCUT2D eigenvalue weighted by Crippen LogP contribution is 2.32. The summed E-state index contributed by atoms with van der Waals surface area (Å²) < 4.78 is 7.12. The maximum atomic E-state index is 6.06. The van der Waals surface area contributed by atoms with Crippen LogP contribution in [0.25, 0.3) is 0 Å². The Balaban J connectivity index is 2.33. The summed E-state index contributed by atoms with van der Waals surface area (Å²) in [5, 5.41) is 3.24. The fourth-order valence-corrected chi connectivity index (χ4v) is 2.41. The van der Waals surface area contributed by atoms with E-state index in [1.54, 1.807) is 0 Å². The minimum atomic E-state index is 0.256. The molecule has 3 heteroatoms. The van der Waals surface area contributed by atoms with E-state index in [0.717, 1.165) is 27.1 Å². The highest BCUT2D eigenvalue weighted by molar-refractivity contribution is 9.10. The van der Waals surface area contributed by atoms with Crippen molar-refractivity contribution >= 4 is 15.9 Å². The summed E-state index contributed by atoms with van der Waals surface area (Å²) in [7, 11) is 1.95. The van der Waals surface area contributed by atoms with Crippen molar-refractivity contribution in [3.05, 3.63) is 58.1 Å². The number of rotatable bonds is 4. The molecule has 0 aliphatic rings. The Hall–Kier alpha value is -1.32. The van der Waals surface area contributed by atoms with Gasteiger partial charge >= 0.3 is 0 Å². The lowest BCUT2D eigenvalue weighted by atomic mass is 10.1. The van der Waals surface area contributed by atoms with E-state index in [1.807, 2.05) is 44.3 Å². The van der Waals surface area contributed by atoms with E-state index in [1.165, 1.54) is 0 Å². The summed E-state index contributed by atoms with van der Waals surface area (Å²) in [6.45, 7) is 4.17. The summed E-state index contributed by atoms with van der Waals surface area (Å²) >= 11 is 3.47. The number of ether oxygens (including phenoxy) is 1. The molecule has 2 aromatic rings. The molecule has 0 aliphatic carbocycles. The van der Waals surface area contributed by atoms with Gasteiger partial charge in [0.25, 0.3) is 0 Å². The van der Waals surface area contributed by atoms with Gasteiger partial charge in [-0.2, -0.15) is 0 Å². The van der Waals surface area contributed by atoms with E-state index in [2.05, 4.69) is 40.3 Å². The topological polar surface area (TPSA) is 21.3 Å². The van der Waals surface area contributed by atoms with Gasteiger partial charge in [0.2, 0.25) is 0 Å². The van der Waals surface area contributed by atoms with Crippen LogP contribution in [0.3, 0.4) is 0 Å². The zero-order valence-electron chi connectivity index (χ0n) is 11.4. The third-order valence-electron chi connectivity index (χ3n) is 3.18. The first-order valence-corrected chi connectivity index (χ1v) is 7.11. The van der Waals surface area contributed by atoms with Crippen LogP contribution < -0.4 is 10.1 Å². The molecule has 0 heterocycles. The molecule has 0 radical (unpaired) electrons. The van der Waals surface area contributed by atoms with Crippen LogP contribution >= 0.6 is 15.9 Å². The van der Waals surface area contributed by atoms with Crippen LogP contribution in [0, 0.1) is 6.92 Å². The van der Waals surface area contributed by atoms with Crippen LogP contribution in [-0.2, 0) is 0 Å². The Labute approximate surface area is 122 Å². The fourth-order valence-electron chi connectivity index (χ4n) is 1.93. The molecule has 0 aromatic heterocycles. The van der Waals surface area contributed by atoms with Gasteiger partial charge in [-0.15, -0.1) is 0 Å². The smallest absolute Gasteiger partial charge is 0.132 e. The minimum Gasteiger partial charge on any atom is -0.457 e. The van der Waals surface area contributed by atoms with Crippen molar-refractivity contribution in [2.45, 2.75) is 19.9 Å². The second kappa shape index (κ2) is 6.22. The number of hydrogen-bond donors (Lipinski definition) is 1. The van der Waals surface area contributed by atoms with Crippen molar-refractivity contribution in [3.8, 4) is 11.5 Å². The predicted octanol–water partition coefficient (Wildman–Crippen LogP) is 4.83. The average Bonchev–Trinajstić information content (AvgIpc) is 2.41. The van der Waals surface area contributed by atoms with E-state index in [-0.39, 0.29) is 6.04 Å². The Morgan fingerprint density at radius 1 is 1.11 bits per heavy atom. The van der Waals surface area contributed by atoms with E-state index in [0.29, 0.717) is 0 Å². The quantitative estimate of drug-likeness (QED) is 0.871. The summed E-state index contributed by atoms with van der Waals surface area (Å²) in [4.78, 5) is 0. The molecule has 0 aliphatic heterocycles. The second-order valence-electron chi connectivity index (χ2n) is 4.56. The van der Waals surface area contributed by atoms with E-state index in [4.69, 9.17) is 4.74 Å². The first-order valence-electron chi connectivity index (χ1n) is 6.32. The van der Waals surface area contributed by atoms with E-state index < -0.39 is 0 Å². The van der Waals surface area contributed by atoms with Gasteiger partial charge in [-0.05, 0) is 50.7 Å². The summed E-state index contributed by atoms with van der Waals surface area (Å²) in [6, 6.07) is 14.4. The number of nitrogens with one attached hydrogen (secondary N) is 1. The van der Waals surface area contributed by atoms with Crippen molar-refractivity contribution in [2.24, 2.45) is 0 Å². The van der Waals surface area contributed by atoms with Crippen LogP contribution in [0.5, 0.6) is 11.5 Å². The molecule has 0 saturated carbocycles. The SMILES string of the molecule is CNC(C)c1ccccc1Oc1ccc(Br)cc1C. The Kier molecular flexibility index (Phi) is 4.61. The molecule has 100 valence electrons. The van der Waals surface area contributed by atoms with Gasteiger partial charge in [0.1, 0.15) is 11.5 Å². The van der Waals surface area contributed by atoms with Gasteiger partial charge in [-0.25, -0.2) is 0 Å². The number of para-hydroxylation sites is 1. The van der Waals surface area contributed by atoms with Crippen molar-refractivity contribution in [1.82, 2.24) is 5.32 Å². The molecule has 2 aromatic carbocycles.